The molecule has 0 atom stereocenters. The van der Waals surface area contributed by atoms with Gasteiger partial charge in [0.15, 0.2) is 0 Å². The van der Waals surface area contributed by atoms with E-state index in [9.17, 15) is 9.59 Å². The lowest BCUT2D eigenvalue weighted by Gasteiger charge is -2.08. The largest absolute Gasteiger partial charge is 0.493 e. The zero-order valence-corrected chi connectivity index (χ0v) is 14.5. The van der Waals surface area contributed by atoms with E-state index in [1.54, 1.807) is 30.3 Å². The van der Waals surface area contributed by atoms with Gasteiger partial charge >= 0.3 is 5.97 Å². The van der Waals surface area contributed by atoms with Gasteiger partial charge in [0.2, 0.25) is 0 Å². The molecule has 0 bridgehead atoms. The summed E-state index contributed by atoms with van der Waals surface area (Å²) in [6, 6.07) is 10.5. The first-order valence-corrected chi connectivity index (χ1v) is 8.15. The van der Waals surface area contributed by atoms with E-state index >= 15 is 0 Å². The fourth-order valence-electron chi connectivity index (χ4n) is 2.66. The number of fused-ring (bicyclic) bond motifs is 1. The number of aryl methyl sites for hydroxylation is 2. The number of nitrogens with zero attached hydrogens (tertiary/aromatic N) is 2. The second kappa shape index (κ2) is 7.26. The first kappa shape index (κ1) is 17.5. The Morgan fingerprint density at radius 3 is 2.62 bits per heavy atom. The van der Waals surface area contributed by atoms with Crippen molar-refractivity contribution in [1.82, 2.24) is 9.38 Å². The van der Waals surface area contributed by atoms with Crippen LogP contribution in [-0.2, 0) is 4.79 Å². The fraction of sp³-hybridized carbons (Fsp3) is 0.211. The van der Waals surface area contributed by atoms with Crippen LogP contribution >= 0.6 is 0 Å². The lowest BCUT2D eigenvalue weighted by Crippen LogP contribution is -2.12. The monoisotopic (exact) mass is 353 g/mol. The summed E-state index contributed by atoms with van der Waals surface area (Å²) in [5.74, 6) is -0.608. The summed E-state index contributed by atoms with van der Waals surface area (Å²) in [7, 11) is 0. The van der Waals surface area contributed by atoms with Gasteiger partial charge in [-0.15, -0.1) is 0 Å². The highest BCUT2D eigenvalue weighted by molar-refractivity contribution is 6.08. The molecule has 2 aromatic heterocycles. The highest BCUT2D eigenvalue weighted by Crippen LogP contribution is 2.19. The van der Waals surface area contributed by atoms with Crippen LogP contribution in [0.2, 0.25) is 0 Å². The van der Waals surface area contributed by atoms with E-state index in [0.29, 0.717) is 22.6 Å². The normalized spacial score (nSPS) is 10.7. The highest BCUT2D eigenvalue weighted by Gasteiger charge is 2.14. The summed E-state index contributed by atoms with van der Waals surface area (Å²) in [4.78, 5) is 27.5. The second-order valence-electron chi connectivity index (χ2n) is 5.93. The van der Waals surface area contributed by atoms with Crippen LogP contribution in [-0.4, -0.2) is 33.0 Å². The number of ether oxygens (including phenoxy) is 1. The zero-order chi connectivity index (χ0) is 18.7. The number of aromatic nitrogens is 2. The summed E-state index contributed by atoms with van der Waals surface area (Å²) in [6.07, 6.45) is 1.76. The molecule has 0 saturated carbocycles. The van der Waals surface area contributed by atoms with Gasteiger partial charge in [0.25, 0.3) is 5.91 Å². The standard InChI is InChI=1S/C19H19N3O4/c1-12-11-13(2)22-9-7-16(18(22)20-12)19(25)21-14-3-5-15(6-4-14)26-10-8-17(23)24/h3-7,9,11H,8,10H2,1-2H3,(H,21,25)(H,23,24). The number of aliphatic carboxylic acids is 1. The molecule has 3 rings (SSSR count). The van der Waals surface area contributed by atoms with Crippen LogP contribution in [0.4, 0.5) is 5.69 Å². The molecule has 7 heteroatoms. The third-order valence-corrected chi connectivity index (χ3v) is 3.88. The molecule has 1 aromatic carbocycles. The van der Waals surface area contributed by atoms with E-state index in [2.05, 4.69) is 10.3 Å². The fourth-order valence-corrected chi connectivity index (χ4v) is 2.66. The van der Waals surface area contributed by atoms with Gasteiger partial charge in [-0.2, -0.15) is 0 Å². The summed E-state index contributed by atoms with van der Waals surface area (Å²) in [5, 5.41) is 11.4. The minimum Gasteiger partial charge on any atom is -0.493 e. The number of carboxylic acid groups (broad SMARTS) is 1. The van der Waals surface area contributed by atoms with Crippen LogP contribution in [0.1, 0.15) is 28.2 Å². The molecule has 0 saturated heterocycles. The Bertz CT molecular complexity index is 961. The number of benzene rings is 1. The van der Waals surface area contributed by atoms with Crippen LogP contribution in [0.3, 0.4) is 0 Å². The van der Waals surface area contributed by atoms with Crippen LogP contribution in [0.15, 0.2) is 42.6 Å². The van der Waals surface area contributed by atoms with Gasteiger partial charge in [-0.3, -0.25) is 9.59 Å². The van der Waals surface area contributed by atoms with Crippen molar-refractivity contribution in [1.29, 1.82) is 0 Å². The van der Waals surface area contributed by atoms with Crippen molar-refractivity contribution in [3.8, 4) is 5.75 Å². The average molecular weight is 353 g/mol. The maximum atomic E-state index is 12.6. The molecule has 2 N–H and O–H groups in total. The van der Waals surface area contributed by atoms with E-state index in [1.165, 1.54) is 0 Å². The van der Waals surface area contributed by atoms with E-state index < -0.39 is 5.97 Å². The molecule has 0 aliphatic heterocycles. The molecule has 0 spiro atoms. The Hall–Kier alpha value is -3.35. The molecule has 0 unspecified atom stereocenters. The third-order valence-electron chi connectivity index (χ3n) is 3.88. The van der Waals surface area contributed by atoms with Crippen molar-refractivity contribution in [3.63, 3.8) is 0 Å². The maximum absolute atomic E-state index is 12.6. The van der Waals surface area contributed by atoms with E-state index in [4.69, 9.17) is 9.84 Å². The minimum absolute atomic E-state index is 0.0634. The summed E-state index contributed by atoms with van der Waals surface area (Å²) in [6.45, 7) is 3.96. The minimum atomic E-state index is -0.909. The summed E-state index contributed by atoms with van der Waals surface area (Å²) < 4.78 is 7.20. The molecular formula is C19H19N3O4. The molecule has 3 aromatic rings. The van der Waals surface area contributed by atoms with E-state index in [-0.39, 0.29) is 18.9 Å². The molecule has 2 heterocycles. The van der Waals surface area contributed by atoms with Crippen LogP contribution in [0.25, 0.3) is 5.65 Å². The van der Waals surface area contributed by atoms with E-state index in [0.717, 1.165) is 11.4 Å². The number of anilines is 1. The molecule has 0 radical (unpaired) electrons. The number of hydrogen-bond acceptors (Lipinski definition) is 4. The van der Waals surface area contributed by atoms with Gasteiger partial charge in [0.1, 0.15) is 11.4 Å². The quantitative estimate of drug-likeness (QED) is 0.710. The number of amides is 1. The molecule has 0 aliphatic carbocycles. The molecule has 26 heavy (non-hydrogen) atoms. The highest BCUT2D eigenvalue weighted by atomic mass is 16.5. The lowest BCUT2D eigenvalue weighted by molar-refractivity contribution is -0.137. The molecule has 134 valence electrons. The van der Waals surface area contributed by atoms with Gasteiger partial charge in [-0.05, 0) is 50.2 Å². The van der Waals surface area contributed by atoms with E-state index in [1.807, 2.05) is 30.5 Å². The summed E-state index contributed by atoms with van der Waals surface area (Å²) >= 11 is 0. The first-order chi connectivity index (χ1) is 12.4. The number of rotatable bonds is 6. The van der Waals surface area contributed by atoms with Gasteiger partial charge in [0.05, 0.1) is 18.6 Å². The smallest absolute Gasteiger partial charge is 0.306 e. The Balaban J connectivity index is 1.71. The van der Waals surface area contributed by atoms with Gasteiger partial charge in [-0.25, -0.2) is 4.98 Å². The molecule has 7 nitrogen and oxygen atoms in total. The molecule has 0 fully saturated rings. The molecular weight excluding hydrogens is 334 g/mol. The maximum Gasteiger partial charge on any atom is 0.306 e. The Labute approximate surface area is 150 Å². The van der Waals surface area contributed by atoms with Crippen LogP contribution in [0, 0.1) is 13.8 Å². The molecule has 1 amide bonds. The zero-order valence-electron chi connectivity index (χ0n) is 14.5. The Morgan fingerprint density at radius 2 is 1.92 bits per heavy atom. The number of nitrogens with one attached hydrogen (secondary N) is 1. The summed E-state index contributed by atoms with van der Waals surface area (Å²) in [5.41, 5.74) is 3.59. The first-order valence-electron chi connectivity index (χ1n) is 8.15. The van der Waals surface area contributed by atoms with Crippen molar-refractivity contribution < 1.29 is 19.4 Å². The predicted molar refractivity (Wildman–Crippen MR) is 96.8 cm³/mol. The lowest BCUT2D eigenvalue weighted by atomic mass is 10.2. The number of carboxylic acids is 1. The van der Waals surface area contributed by atoms with Crippen LogP contribution in [0.5, 0.6) is 5.75 Å². The van der Waals surface area contributed by atoms with Crippen molar-refractivity contribution in [2.75, 3.05) is 11.9 Å². The average Bonchev–Trinajstić information content (AvgIpc) is 3.00. The topological polar surface area (TPSA) is 92.9 Å². The number of carbonyl (C=O) groups is 2. The predicted octanol–water partition coefficient (Wildman–Crippen LogP) is 3.06. The van der Waals surface area contributed by atoms with Crippen molar-refractivity contribution in [2.45, 2.75) is 20.3 Å². The number of carbonyl (C=O) groups excluding carboxylic acids is 1. The Morgan fingerprint density at radius 1 is 1.19 bits per heavy atom. The molecule has 0 aliphatic rings. The van der Waals surface area contributed by atoms with Crippen LogP contribution < -0.4 is 10.1 Å². The van der Waals surface area contributed by atoms with Crippen molar-refractivity contribution in [2.24, 2.45) is 0 Å². The van der Waals surface area contributed by atoms with Gasteiger partial charge in [0, 0.05) is 23.3 Å². The van der Waals surface area contributed by atoms with Gasteiger partial charge in [-0.1, -0.05) is 0 Å². The Kier molecular flexibility index (Phi) is 4.88. The SMILES string of the molecule is Cc1cc(C)n2ccc(C(=O)Nc3ccc(OCCC(=O)O)cc3)c2n1. The second-order valence-corrected chi connectivity index (χ2v) is 5.93. The van der Waals surface area contributed by atoms with Crippen molar-refractivity contribution >= 4 is 23.2 Å². The van der Waals surface area contributed by atoms with Crippen molar-refractivity contribution in [3.05, 3.63) is 59.5 Å². The third kappa shape index (κ3) is 3.83. The number of hydrogen-bond donors (Lipinski definition) is 2. The van der Waals surface area contributed by atoms with Gasteiger partial charge < -0.3 is 19.6 Å².